The largest absolute Gasteiger partial charge is 0.377 e. The Morgan fingerprint density at radius 1 is 1.47 bits per heavy atom. The van der Waals surface area contributed by atoms with Gasteiger partial charge in [-0.05, 0) is 20.3 Å². The molecule has 0 radical (unpaired) electrons. The number of amides is 1. The highest BCUT2D eigenvalue weighted by Crippen LogP contribution is 2.14. The average Bonchev–Trinajstić information content (AvgIpc) is 2.16. The third-order valence-electron chi connectivity index (χ3n) is 2.68. The number of halogens is 1. The number of nitrogens with zero attached hydrogens (tertiary/aromatic N) is 1. The van der Waals surface area contributed by atoms with Gasteiger partial charge in [0.15, 0.2) is 0 Å². The van der Waals surface area contributed by atoms with E-state index < -0.39 is 0 Å². The Labute approximate surface area is 97.5 Å². The average molecular weight is 237 g/mol. The molecule has 1 amide bonds. The first-order valence-electron chi connectivity index (χ1n) is 5.23. The maximum absolute atomic E-state index is 11.9. The van der Waals surface area contributed by atoms with E-state index >= 15 is 0 Å². The number of carbonyl (C=O) groups excluding carboxylic acids is 1. The minimum atomic E-state index is -0.363. The van der Waals surface area contributed by atoms with Crippen LogP contribution in [0.5, 0.6) is 0 Å². The molecule has 0 aromatic heterocycles. The fourth-order valence-electron chi connectivity index (χ4n) is 1.80. The summed E-state index contributed by atoms with van der Waals surface area (Å²) in [5.74, 6) is 0.0517. The van der Waals surface area contributed by atoms with E-state index in [9.17, 15) is 4.79 Å². The molecule has 0 aromatic carbocycles. The molecule has 2 N–H and O–H groups in total. The van der Waals surface area contributed by atoms with Crippen LogP contribution in [0.2, 0.25) is 0 Å². The molecule has 0 saturated carbocycles. The van der Waals surface area contributed by atoms with Gasteiger partial charge in [0.2, 0.25) is 5.91 Å². The lowest BCUT2D eigenvalue weighted by atomic mass is 10.1. The molecule has 15 heavy (non-hydrogen) atoms. The quantitative estimate of drug-likeness (QED) is 0.771. The topological polar surface area (TPSA) is 55.6 Å². The van der Waals surface area contributed by atoms with Crippen LogP contribution in [-0.2, 0) is 9.53 Å². The van der Waals surface area contributed by atoms with Crippen LogP contribution < -0.4 is 5.73 Å². The zero-order chi connectivity index (χ0) is 10.7. The van der Waals surface area contributed by atoms with E-state index in [1.807, 2.05) is 25.7 Å². The summed E-state index contributed by atoms with van der Waals surface area (Å²) < 4.78 is 5.35. The van der Waals surface area contributed by atoms with E-state index in [1.54, 1.807) is 0 Å². The van der Waals surface area contributed by atoms with Gasteiger partial charge < -0.3 is 15.4 Å². The maximum atomic E-state index is 11.9. The van der Waals surface area contributed by atoms with Crippen LogP contribution in [-0.4, -0.2) is 42.1 Å². The molecule has 0 aromatic rings. The molecule has 1 saturated heterocycles. The second-order valence-electron chi connectivity index (χ2n) is 4.00. The molecule has 0 aliphatic carbocycles. The smallest absolute Gasteiger partial charge is 0.240 e. The Kier molecular flexibility index (Phi) is 6.17. The number of hydrogen-bond acceptors (Lipinski definition) is 3. The molecule has 3 atom stereocenters. The lowest BCUT2D eigenvalue weighted by Crippen LogP contribution is -2.56. The van der Waals surface area contributed by atoms with Gasteiger partial charge in [0.05, 0.1) is 31.3 Å². The Balaban J connectivity index is 0.00000196. The SMILES string of the molecule is CC[C@H](N)C(=O)N1C(C)COCC1C.Cl. The van der Waals surface area contributed by atoms with Gasteiger partial charge in [-0.2, -0.15) is 0 Å². The van der Waals surface area contributed by atoms with Crippen molar-refractivity contribution in [3.05, 3.63) is 0 Å². The summed E-state index contributed by atoms with van der Waals surface area (Å²) in [5.41, 5.74) is 5.74. The monoisotopic (exact) mass is 236 g/mol. The van der Waals surface area contributed by atoms with Crippen LogP contribution in [0, 0.1) is 0 Å². The molecule has 1 heterocycles. The van der Waals surface area contributed by atoms with Crippen LogP contribution in [0.4, 0.5) is 0 Å². The first kappa shape index (κ1) is 14.7. The van der Waals surface area contributed by atoms with Crippen LogP contribution in [0.25, 0.3) is 0 Å². The zero-order valence-corrected chi connectivity index (χ0v) is 10.4. The van der Waals surface area contributed by atoms with Crippen molar-refractivity contribution >= 4 is 18.3 Å². The van der Waals surface area contributed by atoms with E-state index in [2.05, 4.69) is 0 Å². The van der Waals surface area contributed by atoms with Gasteiger partial charge in [0.25, 0.3) is 0 Å². The van der Waals surface area contributed by atoms with Gasteiger partial charge in [-0.15, -0.1) is 12.4 Å². The Hall–Kier alpha value is -0.320. The van der Waals surface area contributed by atoms with Crippen LogP contribution in [0.15, 0.2) is 0 Å². The van der Waals surface area contributed by atoms with Crippen LogP contribution in [0.3, 0.4) is 0 Å². The van der Waals surface area contributed by atoms with Gasteiger partial charge in [0.1, 0.15) is 0 Å². The summed E-state index contributed by atoms with van der Waals surface area (Å²) >= 11 is 0. The highest BCUT2D eigenvalue weighted by Gasteiger charge is 2.31. The summed E-state index contributed by atoms with van der Waals surface area (Å²) in [4.78, 5) is 13.8. The molecule has 1 rings (SSSR count). The Bertz CT molecular complexity index is 204. The lowest BCUT2D eigenvalue weighted by molar-refractivity contribution is -0.145. The van der Waals surface area contributed by atoms with Crippen molar-refractivity contribution in [3.63, 3.8) is 0 Å². The molecule has 5 heteroatoms. The summed E-state index contributed by atoms with van der Waals surface area (Å²) in [6, 6.07) is -0.0781. The van der Waals surface area contributed by atoms with Gasteiger partial charge in [0, 0.05) is 0 Å². The minimum Gasteiger partial charge on any atom is -0.377 e. The minimum absolute atomic E-state index is 0. The number of hydrogen-bond donors (Lipinski definition) is 1. The first-order chi connectivity index (χ1) is 6.57. The third kappa shape index (κ3) is 3.33. The summed E-state index contributed by atoms with van der Waals surface area (Å²) in [6.45, 7) is 7.16. The number of morpholine rings is 1. The van der Waals surface area contributed by atoms with Crippen molar-refractivity contribution in [1.82, 2.24) is 4.90 Å². The van der Waals surface area contributed by atoms with Crippen molar-refractivity contribution in [1.29, 1.82) is 0 Å². The second kappa shape index (κ2) is 6.30. The predicted molar refractivity (Wildman–Crippen MR) is 62.1 cm³/mol. The summed E-state index contributed by atoms with van der Waals surface area (Å²) in [7, 11) is 0. The highest BCUT2D eigenvalue weighted by molar-refractivity contribution is 5.85. The predicted octanol–water partition coefficient (Wildman–Crippen LogP) is 0.781. The van der Waals surface area contributed by atoms with Crippen molar-refractivity contribution in [2.24, 2.45) is 5.73 Å². The van der Waals surface area contributed by atoms with E-state index in [4.69, 9.17) is 10.5 Å². The van der Waals surface area contributed by atoms with E-state index in [0.29, 0.717) is 19.6 Å². The number of ether oxygens (including phenoxy) is 1. The van der Waals surface area contributed by atoms with Gasteiger partial charge in [-0.25, -0.2) is 0 Å². The molecule has 1 aliphatic rings. The zero-order valence-electron chi connectivity index (χ0n) is 9.60. The first-order valence-corrected chi connectivity index (χ1v) is 5.23. The van der Waals surface area contributed by atoms with Gasteiger partial charge in [-0.3, -0.25) is 4.79 Å². The normalized spacial score (nSPS) is 28.1. The van der Waals surface area contributed by atoms with Crippen LogP contribution >= 0.6 is 12.4 Å². The van der Waals surface area contributed by atoms with Crippen LogP contribution in [0.1, 0.15) is 27.2 Å². The molecular formula is C10H21ClN2O2. The third-order valence-corrected chi connectivity index (χ3v) is 2.68. The highest BCUT2D eigenvalue weighted by atomic mass is 35.5. The molecule has 0 spiro atoms. The fourth-order valence-corrected chi connectivity index (χ4v) is 1.80. The van der Waals surface area contributed by atoms with Crippen molar-refractivity contribution in [2.75, 3.05) is 13.2 Å². The molecule has 1 aliphatic heterocycles. The molecular weight excluding hydrogens is 216 g/mol. The summed E-state index contributed by atoms with van der Waals surface area (Å²) in [6.07, 6.45) is 0.690. The maximum Gasteiger partial charge on any atom is 0.240 e. The van der Waals surface area contributed by atoms with Gasteiger partial charge >= 0.3 is 0 Å². The number of nitrogens with two attached hydrogens (primary N) is 1. The molecule has 90 valence electrons. The van der Waals surface area contributed by atoms with Crippen molar-refractivity contribution in [3.8, 4) is 0 Å². The van der Waals surface area contributed by atoms with E-state index in [-0.39, 0.29) is 36.4 Å². The van der Waals surface area contributed by atoms with Crippen molar-refractivity contribution < 1.29 is 9.53 Å². The second-order valence-corrected chi connectivity index (χ2v) is 4.00. The fraction of sp³-hybridized carbons (Fsp3) is 0.900. The molecule has 2 unspecified atom stereocenters. The van der Waals surface area contributed by atoms with Crippen molar-refractivity contribution in [2.45, 2.75) is 45.3 Å². The molecule has 0 bridgehead atoms. The standard InChI is InChI=1S/C10H20N2O2.ClH/c1-4-9(11)10(13)12-7(2)5-14-6-8(12)3;/h7-9H,4-6,11H2,1-3H3;1H/t7?,8?,9-;/m0./s1. The van der Waals surface area contributed by atoms with E-state index in [0.717, 1.165) is 0 Å². The van der Waals surface area contributed by atoms with E-state index in [1.165, 1.54) is 0 Å². The lowest BCUT2D eigenvalue weighted by Gasteiger charge is -2.40. The number of carbonyl (C=O) groups is 1. The summed E-state index contributed by atoms with van der Waals surface area (Å²) in [5, 5.41) is 0. The molecule has 1 fully saturated rings. The molecule has 4 nitrogen and oxygen atoms in total. The van der Waals surface area contributed by atoms with Gasteiger partial charge in [-0.1, -0.05) is 6.92 Å². The number of rotatable bonds is 2. The Morgan fingerprint density at radius 3 is 2.33 bits per heavy atom. The Morgan fingerprint density at radius 2 is 1.93 bits per heavy atom.